The molecule has 3 heterocycles. The van der Waals surface area contributed by atoms with Gasteiger partial charge in [-0.3, -0.25) is 4.79 Å². The topological polar surface area (TPSA) is 60.9 Å². The number of fused-ring (bicyclic) bond motifs is 1. The molecule has 25 heavy (non-hydrogen) atoms. The van der Waals surface area contributed by atoms with Gasteiger partial charge in [0.2, 0.25) is 11.8 Å². The number of pyridine rings is 1. The SMILES string of the molecule is O=C(C1CCOCC1)N1CCOC2CC(COc3ccccn3)CC21. The first-order valence-corrected chi connectivity index (χ1v) is 9.35. The molecule has 2 aliphatic heterocycles. The van der Waals surface area contributed by atoms with Gasteiger partial charge in [0.15, 0.2) is 0 Å². The number of hydrogen-bond acceptors (Lipinski definition) is 5. The Morgan fingerprint density at radius 1 is 1.24 bits per heavy atom. The molecule has 6 heteroatoms. The lowest BCUT2D eigenvalue weighted by Gasteiger charge is -2.40. The maximum atomic E-state index is 13.0. The van der Waals surface area contributed by atoms with Crippen LogP contribution in [0.1, 0.15) is 25.7 Å². The minimum Gasteiger partial charge on any atom is -0.477 e. The summed E-state index contributed by atoms with van der Waals surface area (Å²) in [6.45, 7) is 3.40. The van der Waals surface area contributed by atoms with E-state index in [4.69, 9.17) is 14.2 Å². The van der Waals surface area contributed by atoms with Crippen molar-refractivity contribution in [3.63, 3.8) is 0 Å². The van der Waals surface area contributed by atoms with Gasteiger partial charge in [0.25, 0.3) is 0 Å². The molecule has 0 spiro atoms. The van der Waals surface area contributed by atoms with Gasteiger partial charge in [0.05, 0.1) is 25.4 Å². The third kappa shape index (κ3) is 3.80. The zero-order valence-electron chi connectivity index (χ0n) is 14.5. The lowest BCUT2D eigenvalue weighted by molar-refractivity contribution is -0.151. The zero-order valence-corrected chi connectivity index (χ0v) is 14.5. The van der Waals surface area contributed by atoms with Crippen LogP contribution in [0.3, 0.4) is 0 Å². The van der Waals surface area contributed by atoms with Gasteiger partial charge in [-0.25, -0.2) is 4.98 Å². The summed E-state index contributed by atoms with van der Waals surface area (Å²) >= 11 is 0. The Kier molecular flexibility index (Phi) is 5.17. The van der Waals surface area contributed by atoms with E-state index in [9.17, 15) is 4.79 Å². The number of nitrogens with zero attached hydrogens (tertiary/aromatic N) is 2. The average molecular weight is 346 g/mol. The molecule has 136 valence electrons. The van der Waals surface area contributed by atoms with E-state index in [1.807, 2.05) is 18.2 Å². The Hall–Kier alpha value is -1.66. The molecule has 0 bridgehead atoms. The maximum Gasteiger partial charge on any atom is 0.226 e. The molecule has 1 saturated carbocycles. The van der Waals surface area contributed by atoms with Gasteiger partial charge in [-0.15, -0.1) is 0 Å². The van der Waals surface area contributed by atoms with E-state index in [1.165, 1.54) is 0 Å². The van der Waals surface area contributed by atoms with E-state index >= 15 is 0 Å². The van der Waals surface area contributed by atoms with E-state index in [0.717, 1.165) is 25.7 Å². The van der Waals surface area contributed by atoms with Gasteiger partial charge in [-0.05, 0) is 37.7 Å². The Morgan fingerprint density at radius 3 is 2.92 bits per heavy atom. The number of aromatic nitrogens is 1. The highest BCUT2D eigenvalue weighted by molar-refractivity contribution is 5.79. The van der Waals surface area contributed by atoms with Crippen molar-refractivity contribution in [3.05, 3.63) is 24.4 Å². The molecule has 1 aromatic rings. The van der Waals surface area contributed by atoms with Crippen LogP contribution in [0, 0.1) is 11.8 Å². The molecule has 1 amide bonds. The Bertz CT molecular complexity index is 576. The van der Waals surface area contributed by atoms with Crippen molar-refractivity contribution >= 4 is 5.91 Å². The highest BCUT2D eigenvalue weighted by Gasteiger charge is 2.44. The predicted octanol–water partition coefficient (Wildman–Crippen LogP) is 1.89. The summed E-state index contributed by atoms with van der Waals surface area (Å²) in [5.74, 6) is 1.48. The van der Waals surface area contributed by atoms with Crippen molar-refractivity contribution in [2.45, 2.75) is 37.8 Å². The minimum absolute atomic E-state index is 0.122. The Labute approximate surface area is 148 Å². The molecule has 2 saturated heterocycles. The molecule has 6 nitrogen and oxygen atoms in total. The summed E-state index contributed by atoms with van der Waals surface area (Å²) in [5.41, 5.74) is 0. The molecular weight excluding hydrogens is 320 g/mol. The third-order valence-electron chi connectivity index (χ3n) is 5.59. The molecule has 3 aliphatic rings. The van der Waals surface area contributed by atoms with Gasteiger partial charge in [-0.2, -0.15) is 0 Å². The Morgan fingerprint density at radius 2 is 2.12 bits per heavy atom. The van der Waals surface area contributed by atoms with Crippen LogP contribution < -0.4 is 4.74 Å². The second-order valence-corrected chi connectivity index (χ2v) is 7.21. The van der Waals surface area contributed by atoms with Crippen LogP contribution in [-0.4, -0.2) is 60.9 Å². The highest BCUT2D eigenvalue weighted by Crippen LogP contribution is 2.36. The molecule has 0 N–H and O–H groups in total. The lowest BCUT2D eigenvalue weighted by Crippen LogP contribution is -2.53. The van der Waals surface area contributed by atoms with Crippen molar-refractivity contribution in [3.8, 4) is 5.88 Å². The first-order valence-electron chi connectivity index (χ1n) is 9.35. The van der Waals surface area contributed by atoms with E-state index in [1.54, 1.807) is 6.20 Å². The van der Waals surface area contributed by atoms with Gasteiger partial charge in [0, 0.05) is 37.9 Å². The first kappa shape index (κ1) is 16.8. The number of rotatable bonds is 4. The number of carbonyl (C=O) groups is 1. The highest BCUT2D eigenvalue weighted by atomic mass is 16.5. The van der Waals surface area contributed by atoms with Crippen LogP contribution >= 0.6 is 0 Å². The normalized spacial score (nSPS) is 30.1. The van der Waals surface area contributed by atoms with Crippen molar-refractivity contribution in [1.29, 1.82) is 0 Å². The fourth-order valence-corrected chi connectivity index (χ4v) is 4.27. The van der Waals surface area contributed by atoms with Crippen LogP contribution in [0.4, 0.5) is 0 Å². The summed E-state index contributed by atoms with van der Waals surface area (Å²) in [6.07, 6.45) is 5.48. The molecular formula is C19H26N2O4. The maximum absolute atomic E-state index is 13.0. The van der Waals surface area contributed by atoms with Crippen LogP contribution in [-0.2, 0) is 14.3 Å². The molecule has 0 radical (unpaired) electrons. The number of ether oxygens (including phenoxy) is 3. The minimum atomic E-state index is 0.122. The largest absolute Gasteiger partial charge is 0.477 e. The zero-order chi connectivity index (χ0) is 17.1. The van der Waals surface area contributed by atoms with Crippen molar-refractivity contribution in [2.75, 3.05) is 33.0 Å². The molecule has 1 aromatic heterocycles. The molecule has 3 fully saturated rings. The predicted molar refractivity (Wildman–Crippen MR) is 91.2 cm³/mol. The van der Waals surface area contributed by atoms with Crippen LogP contribution in [0.5, 0.6) is 5.88 Å². The molecule has 3 atom stereocenters. The quantitative estimate of drug-likeness (QED) is 0.833. The van der Waals surface area contributed by atoms with E-state index in [-0.39, 0.29) is 18.1 Å². The van der Waals surface area contributed by atoms with Crippen LogP contribution in [0.15, 0.2) is 24.4 Å². The standard InChI is InChI=1S/C19H26N2O4/c22-19(15-4-8-23-9-5-15)21-7-10-24-17-12-14(11-16(17)21)13-25-18-3-1-2-6-20-18/h1-3,6,14-17H,4-5,7-13H2. The van der Waals surface area contributed by atoms with E-state index in [2.05, 4.69) is 9.88 Å². The van der Waals surface area contributed by atoms with Gasteiger partial charge < -0.3 is 19.1 Å². The van der Waals surface area contributed by atoms with Gasteiger partial charge >= 0.3 is 0 Å². The van der Waals surface area contributed by atoms with E-state index < -0.39 is 0 Å². The van der Waals surface area contributed by atoms with Crippen LogP contribution in [0.25, 0.3) is 0 Å². The number of morpholine rings is 1. The summed E-state index contributed by atoms with van der Waals surface area (Å²) in [7, 11) is 0. The second kappa shape index (κ2) is 7.70. The average Bonchev–Trinajstić information content (AvgIpc) is 3.10. The first-order chi connectivity index (χ1) is 12.3. The summed E-state index contributed by atoms with van der Waals surface area (Å²) < 4.78 is 17.2. The van der Waals surface area contributed by atoms with Crippen LogP contribution in [0.2, 0.25) is 0 Å². The lowest BCUT2D eigenvalue weighted by atomic mass is 9.96. The van der Waals surface area contributed by atoms with Gasteiger partial charge in [0.1, 0.15) is 0 Å². The number of carbonyl (C=O) groups excluding carboxylic acids is 1. The molecule has 3 unspecified atom stereocenters. The Balaban J connectivity index is 1.35. The number of hydrogen-bond donors (Lipinski definition) is 0. The summed E-state index contributed by atoms with van der Waals surface area (Å²) in [5, 5.41) is 0. The molecule has 4 rings (SSSR count). The van der Waals surface area contributed by atoms with Crippen molar-refractivity contribution in [2.24, 2.45) is 11.8 Å². The smallest absolute Gasteiger partial charge is 0.226 e. The monoisotopic (exact) mass is 346 g/mol. The fraction of sp³-hybridized carbons (Fsp3) is 0.684. The van der Waals surface area contributed by atoms with Crippen molar-refractivity contribution in [1.82, 2.24) is 9.88 Å². The second-order valence-electron chi connectivity index (χ2n) is 7.21. The van der Waals surface area contributed by atoms with Gasteiger partial charge in [-0.1, -0.05) is 6.07 Å². The van der Waals surface area contributed by atoms with E-state index in [0.29, 0.717) is 50.7 Å². The van der Waals surface area contributed by atoms with Crippen molar-refractivity contribution < 1.29 is 19.0 Å². The fourth-order valence-electron chi connectivity index (χ4n) is 4.27. The third-order valence-corrected chi connectivity index (χ3v) is 5.59. The molecule has 0 aromatic carbocycles. The summed E-state index contributed by atoms with van der Waals surface area (Å²) in [6, 6.07) is 5.87. The molecule has 1 aliphatic carbocycles. The summed E-state index contributed by atoms with van der Waals surface area (Å²) in [4.78, 5) is 19.2. The number of amides is 1.